The molecule has 110 valence electrons. The van der Waals surface area contributed by atoms with Gasteiger partial charge in [-0.05, 0) is 49.9 Å². The van der Waals surface area contributed by atoms with Gasteiger partial charge in [-0.2, -0.15) is 0 Å². The Hall–Kier alpha value is -1.29. The largest absolute Gasteiger partial charge is 0.484 e. The molecule has 2 aliphatic rings. The van der Waals surface area contributed by atoms with Crippen molar-refractivity contribution in [3.63, 3.8) is 0 Å². The van der Waals surface area contributed by atoms with Gasteiger partial charge in [-0.1, -0.05) is 13.8 Å². The minimum absolute atomic E-state index is 0.0983. The van der Waals surface area contributed by atoms with E-state index < -0.39 is 0 Å². The molecule has 1 aromatic rings. The summed E-state index contributed by atoms with van der Waals surface area (Å²) in [5.41, 5.74) is 0. The standard InChI is InChI=1S/C16H24N2O2/c1-12-5-8-18(9-6-13(12)2)10-14-11-19-15-4-3-7-17-16(15)20-14/h3-4,7,12-14H,5-6,8-11H2,1-2H3/t12-,13?,14?/m1/s1. The quantitative estimate of drug-likeness (QED) is 0.831. The summed E-state index contributed by atoms with van der Waals surface area (Å²) in [7, 11) is 0. The zero-order valence-electron chi connectivity index (χ0n) is 12.4. The number of rotatable bonds is 2. The number of likely N-dealkylation sites (tertiary alicyclic amines) is 1. The summed E-state index contributed by atoms with van der Waals surface area (Å²) < 4.78 is 11.7. The molecule has 0 bridgehead atoms. The first-order valence-electron chi connectivity index (χ1n) is 7.69. The summed E-state index contributed by atoms with van der Waals surface area (Å²) in [5.74, 6) is 3.05. The molecule has 4 heteroatoms. The van der Waals surface area contributed by atoms with Crippen LogP contribution in [0.5, 0.6) is 11.6 Å². The van der Waals surface area contributed by atoms with E-state index in [2.05, 4.69) is 23.7 Å². The Morgan fingerprint density at radius 3 is 2.75 bits per heavy atom. The zero-order chi connectivity index (χ0) is 13.9. The van der Waals surface area contributed by atoms with Gasteiger partial charge in [-0.15, -0.1) is 0 Å². The van der Waals surface area contributed by atoms with E-state index >= 15 is 0 Å². The highest BCUT2D eigenvalue weighted by Gasteiger charge is 2.26. The summed E-state index contributed by atoms with van der Waals surface area (Å²) in [4.78, 5) is 6.76. The van der Waals surface area contributed by atoms with Gasteiger partial charge in [-0.25, -0.2) is 4.98 Å². The maximum Gasteiger partial charge on any atom is 0.257 e. The average Bonchev–Trinajstić information content (AvgIpc) is 2.63. The number of hydrogen-bond donors (Lipinski definition) is 0. The molecule has 2 aliphatic heterocycles. The third-order valence-corrected chi connectivity index (χ3v) is 4.67. The summed E-state index contributed by atoms with van der Waals surface area (Å²) in [6, 6.07) is 3.79. The molecule has 3 rings (SSSR count). The van der Waals surface area contributed by atoms with Gasteiger partial charge >= 0.3 is 0 Å². The molecule has 2 unspecified atom stereocenters. The first-order valence-corrected chi connectivity index (χ1v) is 7.69. The number of pyridine rings is 1. The fourth-order valence-corrected chi connectivity index (χ4v) is 2.96. The van der Waals surface area contributed by atoms with Crippen molar-refractivity contribution in [3.05, 3.63) is 18.3 Å². The number of ether oxygens (including phenoxy) is 2. The van der Waals surface area contributed by atoms with Crippen LogP contribution in [-0.4, -0.2) is 42.2 Å². The predicted octanol–water partition coefficient (Wildman–Crippen LogP) is 2.59. The molecule has 0 saturated carbocycles. The molecule has 0 spiro atoms. The Labute approximate surface area is 121 Å². The van der Waals surface area contributed by atoms with Crippen molar-refractivity contribution >= 4 is 0 Å². The lowest BCUT2D eigenvalue weighted by molar-refractivity contribution is 0.0545. The molecule has 1 saturated heterocycles. The molecule has 1 fully saturated rings. The number of fused-ring (bicyclic) bond motifs is 1. The van der Waals surface area contributed by atoms with Gasteiger partial charge in [0.15, 0.2) is 5.75 Å². The van der Waals surface area contributed by atoms with Gasteiger partial charge < -0.3 is 9.47 Å². The summed E-state index contributed by atoms with van der Waals surface area (Å²) in [6.45, 7) is 8.64. The summed E-state index contributed by atoms with van der Waals surface area (Å²) >= 11 is 0. The van der Waals surface area contributed by atoms with Gasteiger partial charge in [0.25, 0.3) is 5.88 Å². The maximum atomic E-state index is 5.95. The summed E-state index contributed by atoms with van der Waals surface area (Å²) in [5, 5.41) is 0. The lowest BCUT2D eigenvalue weighted by Crippen LogP contribution is -2.41. The van der Waals surface area contributed by atoms with Crippen LogP contribution >= 0.6 is 0 Å². The minimum atomic E-state index is 0.0983. The Bertz CT molecular complexity index is 440. The van der Waals surface area contributed by atoms with Crippen LogP contribution in [0.2, 0.25) is 0 Å². The second-order valence-corrected chi connectivity index (χ2v) is 6.19. The number of hydrogen-bond acceptors (Lipinski definition) is 4. The molecule has 20 heavy (non-hydrogen) atoms. The Morgan fingerprint density at radius 1 is 1.25 bits per heavy atom. The van der Waals surface area contributed by atoms with E-state index in [0.29, 0.717) is 12.5 Å². The van der Waals surface area contributed by atoms with Gasteiger partial charge in [0, 0.05) is 12.7 Å². The zero-order valence-corrected chi connectivity index (χ0v) is 12.4. The second-order valence-electron chi connectivity index (χ2n) is 6.19. The molecule has 3 atom stereocenters. The van der Waals surface area contributed by atoms with Gasteiger partial charge in [0.1, 0.15) is 12.7 Å². The molecular weight excluding hydrogens is 252 g/mol. The van der Waals surface area contributed by atoms with Crippen molar-refractivity contribution in [1.29, 1.82) is 0 Å². The van der Waals surface area contributed by atoms with Gasteiger partial charge in [-0.3, -0.25) is 4.90 Å². The molecule has 3 heterocycles. The third kappa shape index (κ3) is 3.06. The minimum Gasteiger partial charge on any atom is -0.484 e. The van der Waals surface area contributed by atoms with Crippen LogP contribution < -0.4 is 9.47 Å². The van der Waals surface area contributed by atoms with Crippen LogP contribution in [0.1, 0.15) is 26.7 Å². The van der Waals surface area contributed by atoms with E-state index in [1.807, 2.05) is 12.1 Å². The number of aromatic nitrogens is 1. The van der Waals surface area contributed by atoms with Crippen molar-refractivity contribution in [2.45, 2.75) is 32.8 Å². The van der Waals surface area contributed by atoms with Crippen LogP contribution in [0.25, 0.3) is 0 Å². The molecule has 1 aromatic heterocycles. The van der Waals surface area contributed by atoms with E-state index in [1.54, 1.807) is 6.20 Å². The molecular formula is C16H24N2O2. The van der Waals surface area contributed by atoms with E-state index in [-0.39, 0.29) is 6.10 Å². The molecule has 0 aliphatic carbocycles. The molecule has 0 radical (unpaired) electrons. The highest BCUT2D eigenvalue weighted by molar-refractivity contribution is 5.33. The highest BCUT2D eigenvalue weighted by Crippen LogP contribution is 2.29. The topological polar surface area (TPSA) is 34.6 Å². The molecule has 4 nitrogen and oxygen atoms in total. The highest BCUT2D eigenvalue weighted by atomic mass is 16.6. The van der Waals surface area contributed by atoms with Gasteiger partial charge in [0.05, 0.1) is 0 Å². The van der Waals surface area contributed by atoms with E-state index in [4.69, 9.17) is 9.47 Å². The molecule has 0 N–H and O–H groups in total. The van der Waals surface area contributed by atoms with Crippen LogP contribution in [0, 0.1) is 11.8 Å². The van der Waals surface area contributed by atoms with E-state index in [0.717, 1.165) is 24.1 Å². The Morgan fingerprint density at radius 2 is 2.00 bits per heavy atom. The smallest absolute Gasteiger partial charge is 0.257 e. The SMILES string of the molecule is CC1CCN(CC2COc3cccnc3O2)CC[C@H]1C. The second kappa shape index (κ2) is 6.00. The van der Waals surface area contributed by atoms with Crippen molar-refractivity contribution in [2.75, 3.05) is 26.2 Å². The average molecular weight is 276 g/mol. The van der Waals surface area contributed by atoms with E-state index in [9.17, 15) is 0 Å². The van der Waals surface area contributed by atoms with Crippen molar-refractivity contribution < 1.29 is 9.47 Å². The first kappa shape index (κ1) is 13.7. The number of nitrogens with zero attached hydrogens (tertiary/aromatic N) is 2. The van der Waals surface area contributed by atoms with Crippen LogP contribution in [0.15, 0.2) is 18.3 Å². The molecule has 0 aromatic carbocycles. The Balaban J connectivity index is 1.57. The van der Waals surface area contributed by atoms with Crippen molar-refractivity contribution in [3.8, 4) is 11.6 Å². The van der Waals surface area contributed by atoms with Crippen molar-refractivity contribution in [2.24, 2.45) is 11.8 Å². The first-order chi connectivity index (χ1) is 9.72. The lowest BCUT2D eigenvalue weighted by Gasteiger charge is -2.30. The maximum absolute atomic E-state index is 5.95. The van der Waals surface area contributed by atoms with Crippen LogP contribution in [0.3, 0.4) is 0 Å². The fourth-order valence-electron chi connectivity index (χ4n) is 2.96. The lowest BCUT2D eigenvalue weighted by atomic mass is 9.92. The fraction of sp³-hybridized carbons (Fsp3) is 0.688. The normalized spacial score (nSPS) is 30.8. The van der Waals surface area contributed by atoms with Crippen molar-refractivity contribution in [1.82, 2.24) is 9.88 Å². The van der Waals surface area contributed by atoms with Gasteiger partial charge in [0.2, 0.25) is 0 Å². The summed E-state index contributed by atoms with van der Waals surface area (Å²) in [6.07, 6.45) is 4.41. The third-order valence-electron chi connectivity index (χ3n) is 4.67. The van der Waals surface area contributed by atoms with E-state index in [1.165, 1.54) is 25.9 Å². The Kier molecular flexibility index (Phi) is 4.10. The monoisotopic (exact) mass is 276 g/mol. The van der Waals surface area contributed by atoms with Crippen LogP contribution in [0.4, 0.5) is 0 Å². The van der Waals surface area contributed by atoms with Crippen LogP contribution in [-0.2, 0) is 0 Å². The predicted molar refractivity (Wildman–Crippen MR) is 78.2 cm³/mol. The molecule has 0 amide bonds.